The average Bonchev–Trinajstić information content (AvgIpc) is 2.50. The Morgan fingerprint density at radius 2 is 1.83 bits per heavy atom. The van der Waals surface area contributed by atoms with Crippen LogP contribution in [0.5, 0.6) is 11.5 Å². The maximum absolute atomic E-state index is 12.0. The number of nitrogens with one attached hydrogen (secondary N) is 2. The van der Waals surface area contributed by atoms with Crippen LogP contribution in [0.1, 0.15) is 19.4 Å². The van der Waals surface area contributed by atoms with E-state index in [4.69, 9.17) is 9.47 Å². The molecule has 1 rings (SSSR count). The summed E-state index contributed by atoms with van der Waals surface area (Å²) in [6.07, 6.45) is 0. The minimum atomic E-state index is -3.62. The molecule has 0 saturated heterocycles. The molecule has 7 nitrogen and oxygen atoms in total. The standard InChI is InChI=1S/C15H24N2O5S/c1-11(2)8-16-15(18)9-17-23(19,20)10-12-5-6-13(21-3)14(7-12)22-4/h5-7,11,17H,8-10H2,1-4H3,(H,16,18). The van der Waals surface area contributed by atoms with E-state index >= 15 is 0 Å². The van der Waals surface area contributed by atoms with E-state index < -0.39 is 10.0 Å². The number of carbonyl (C=O) groups excluding carboxylic acids is 1. The maximum Gasteiger partial charge on any atom is 0.235 e. The highest BCUT2D eigenvalue weighted by Crippen LogP contribution is 2.28. The fourth-order valence-electron chi connectivity index (χ4n) is 1.80. The third-order valence-electron chi connectivity index (χ3n) is 2.96. The Hall–Kier alpha value is -1.80. The molecule has 0 spiro atoms. The van der Waals surface area contributed by atoms with Crippen LogP contribution in [-0.2, 0) is 20.6 Å². The molecule has 0 aromatic heterocycles. The molecular weight excluding hydrogens is 320 g/mol. The largest absolute Gasteiger partial charge is 0.493 e. The number of amides is 1. The number of hydrogen-bond acceptors (Lipinski definition) is 5. The van der Waals surface area contributed by atoms with E-state index in [2.05, 4.69) is 10.0 Å². The van der Waals surface area contributed by atoms with E-state index in [1.54, 1.807) is 18.2 Å². The van der Waals surface area contributed by atoms with E-state index in [0.29, 0.717) is 29.5 Å². The predicted octanol–water partition coefficient (Wildman–Crippen LogP) is 0.895. The molecule has 2 N–H and O–H groups in total. The first-order valence-corrected chi connectivity index (χ1v) is 8.87. The Labute approximate surface area is 137 Å². The minimum Gasteiger partial charge on any atom is -0.493 e. The van der Waals surface area contributed by atoms with Crippen LogP contribution >= 0.6 is 0 Å². The molecule has 0 bridgehead atoms. The molecule has 1 aromatic carbocycles. The number of hydrogen-bond donors (Lipinski definition) is 2. The Morgan fingerprint density at radius 1 is 1.17 bits per heavy atom. The van der Waals surface area contributed by atoms with Crippen molar-refractivity contribution in [3.63, 3.8) is 0 Å². The molecule has 0 aliphatic heterocycles. The van der Waals surface area contributed by atoms with Crippen molar-refractivity contribution in [3.8, 4) is 11.5 Å². The van der Waals surface area contributed by atoms with Gasteiger partial charge in [0.05, 0.1) is 26.5 Å². The van der Waals surface area contributed by atoms with Crippen LogP contribution in [0.3, 0.4) is 0 Å². The Morgan fingerprint density at radius 3 is 2.39 bits per heavy atom. The van der Waals surface area contributed by atoms with Gasteiger partial charge in [0.1, 0.15) is 0 Å². The van der Waals surface area contributed by atoms with Gasteiger partial charge >= 0.3 is 0 Å². The fourth-order valence-corrected chi connectivity index (χ4v) is 2.87. The van der Waals surface area contributed by atoms with Crippen molar-refractivity contribution >= 4 is 15.9 Å². The van der Waals surface area contributed by atoms with Crippen LogP contribution in [0.4, 0.5) is 0 Å². The third-order valence-corrected chi connectivity index (χ3v) is 4.26. The van der Waals surface area contributed by atoms with Gasteiger partial charge in [0, 0.05) is 6.54 Å². The van der Waals surface area contributed by atoms with Gasteiger partial charge in [-0.1, -0.05) is 19.9 Å². The predicted molar refractivity (Wildman–Crippen MR) is 88.0 cm³/mol. The summed E-state index contributed by atoms with van der Waals surface area (Å²) in [4.78, 5) is 11.6. The van der Waals surface area contributed by atoms with E-state index in [0.717, 1.165) is 0 Å². The molecule has 8 heteroatoms. The molecule has 1 aromatic rings. The van der Waals surface area contributed by atoms with Crippen LogP contribution in [0, 0.1) is 5.92 Å². The summed E-state index contributed by atoms with van der Waals surface area (Å²) in [6, 6.07) is 4.87. The van der Waals surface area contributed by atoms with Crippen molar-refractivity contribution in [2.24, 2.45) is 5.92 Å². The molecule has 0 aliphatic carbocycles. The van der Waals surface area contributed by atoms with E-state index in [1.165, 1.54) is 14.2 Å². The Kier molecular flexibility index (Phi) is 7.31. The number of sulfonamides is 1. The minimum absolute atomic E-state index is 0.245. The van der Waals surface area contributed by atoms with Crippen LogP contribution in [-0.4, -0.2) is 41.6 Å². The van der Waals surface area contributed by atoms with Gasteiger partial charge in [-0.3, -0.25) is 4.79 Å². The molecule has 0 unspecified atom stereocenters. The molecule has 1 amide bonds. The van der Waals surface area contributed by atoms with Gasteiger partial charge in [0.15, 0.2) is 11.5 Å². The van der Waals surface area contributed by atoms with Crippen LogP contribution in [0.25, 0.3) is 0 Å². The lowest BCUT2D eigenvalue weighted by molar-refractivity contribution is -0.120. The van der Waals surface area contributed by atoms with Gasteiger partial charge < -0.3 is 14.8 Å². The first kappa shape index (κ1) is 19.2. The lowest BCUT2D eigenvalue weighted by Gasteiger charge is -2.11. The van der Waals surface area contributed by atoms with Gasteiger partial charge in [-0.15, -0.1) is 0 Å². The average molecular weight is 344 g/mol. The number of rotatable bonds is 9. The zero-order valence-electron chi connectivity index (χ0n) is 13.9. The highest BCUT2D eigenvalue weighted by molar-refractivity contribution is 7.88. The van der Waals surface area contributed by atoms with Gasteiger partial charge in [-0.25, -0.2) is 13.1 Å². The highest BCUT2D eigenvalue weighted by atomic mass is 32.2. The summed E-state index contributed by atoms with van der Waals surface area (Å²) in [7, 11) is -0.635. The van der Waals surface area contributed by atoms with Gasteiger partial charge in [0.2, 0.25) is 15.9 Å². The first-order valence-electron chi connectivity index (χ1n) is 7.22. The summed E-state index contributed by atoms with van der Waals surface area (Å²) < 4.78 is 36.6. The quantitative estimate of drug-likeness (QED) is 0.694. The monoisotopic (exact) mass is 344 g/mol. The normalized spacial score (nSPS) is 11.3. The molecule has 0 radical (unpaired) electrons. The van der Waals surface area contributed by atoms with Crippen LogP contribution in [0.2, 0.25) is 0 Å². The van der Waals surface area contributed by atoms with Crippen molar-refractivity contribution < 1.29 is 22.7 Å². The summed E-state index contributed by atoms with van der Waals surface area (Å²) >= 11 is 0. The third kappa shape index (κ3) is 6.87. The summed E-state index contributed by atoms with van der Waals surface area (Å²) in [5, 5.41) is 2.65. The number of ether oxygens (including phenoxy) is 2. The Balaban J connectivity index is 2.63. The van der Waals surface area contributed by atoms with Crippen molar-refractivity contribution in [1.82, 2.24) is 10.0 Å². The molecular formula is C15H24N2O5S. The second-order valence-corrected chi connectivity index (χ2v) is 7.27. The number of carbonyl (C=O) groups is 1. The molecule has 130 valence electrons. The van der Waals surface area contributed by atoms with Crippen molar-refractivity contribution in [1.29, 1.82) is 0 Å². The summed E-state index contributed by atoms with van der Waals surface area (Å²) in [5.41, 5.74) is 0.540. The van der Waals surface area contributed by atoms with Crippen molar-refractivity contribution in [2.45, 2.75) is 19.6 Å². The molecule has 0 saturated carbocycles. The first-order chi connectivity index (χ1) is 10.8. The van der Waals surface area contributed by atoms with Crippen LogP contribution < -0.4 is 19.5 Å². The smallest absolute Gasteiger partial charge is 0.235 e. The zero-order valence-corrected chi connectivity index (χ0v) is 14.7. The lowest BCUT2D eigenvalue weighted by atomic mass is 10.2. The Bertz CT molecular complexity index is 629. The maximum atomic E-state index is 12.0. The summed E-state index contributed by atoms with van der Waals surface area (Å²) in [6.45, 7) is 4.15. The second-order valence-electron chi connectivity index (χ2n) is 5.47. The van der Waals surface area contributed by atoms with Gasteiger partial charge in [-0.05, 0) is 23.6 Å². The van der Waals surface area contributed by atoms with Crippen molar-refractivity contribution in [3.05, 3.63) is 23.8 Å². The molecule has 0 atom stereocenters. The van der Waals surface area contributed by atoms with Crippen LogP contribution in [0.15, 0.2) is 18.2 Å². The molecule has 0 fully saturated rings. The van der Waals surface area contributed by atoms with E-state index in [-0.39, 0.29) is 18.2 Å². The van der Waals surface area contributed by atoms with E-state index in [1.807, 2.05) is 13.8 Å². The van der Waals surface area contributed by atoms with E-state index in [9.17, 15) is 13.2 Å². The van der Waals surface area contributed by atoms with Gasteiger partial charge in [-0.2, -0.15) is 0 Å². The molecule has 23 heavy (non-hydrogen) atoms. The second kappa shape index (κ2) is 8.73. The number of methoxy groups -OCH3 is 2. The molecule has 0 aliphatic rings. The fraction of sp³-hybridized carbons (Fsp3) is 0.533. The lowest BCUT2D eigenvalue weighted by Crippen LogP contribution is -2.38. The topological polar surface area (TPSA) is 93.7 Å². The van der Waals surface area contributed by atoms with Crippen molar-refractivity contribution in [2.75, 3.05) is 27.3 Å². The molecule has 0 heterocycles. The zero-order chi connectivity index (χ0) is 17.5. The SMILES string of the molecule is COc1ccc(CS(=O)(=O)NCC(=O)NCC(C)C)cc1OC. The highest BCUT2D eigenvalue weighted by Gasteiger charge is 2.15. The number of benzene rings is 1. The van der Waals surface area contributed by atoms with Gasteiger partial charge in [0.25, 0.3) is 0 Å². The summed E-state index contributed by atoms with van der Waals surface area (Å²) in [5.74, 6) is 0.687.